The number of anilines is 1. The first-order valence-electron chi connectivity index (χ1n) is 5.02. The molecular weight excluding hydrogens is 240 g/mol. The van der Waals surface area contributed by atoms with Crippen LogP contribution in [0.5, 0.6) is 0 Å². The molecule has 2 aromatic heterocycles. The van der Waals surface area contributed by atoms with Crippen LogP contribution in [0.1, 0.15) is 5.69 Å². The van der Waals surface area contributed by atoms with E-state index >= 15 is 0 Å². The second kappa shape index (κ2) is 3.49. The molecule has 0 saturated heterocycles. The van der Waals surface area contributed by atoms with Crippen molar-refractivity contribution in [1.29, 1.82) is 0 Å². The van der Waals surface area contributed by atoms with E-state index in [0.717, 1.165) is 5.69 Å². The summed E-state index contributed by atoms with van der Waals surface area (Å²) in [5.74, 6) is 0. The Morgan fingerprint density at radius 3 is 2.88 bits per heavy atom. The molecule has 17 heavy (non-hydrogen) atoms. The number of aromatic nitrogens is 3. The summed E-state index contributed by atoms with van der Waals surface area (Å²) < 4.78 is 7.05. The van der Waals surface area contributed by atoms with Gasteiger partial charge in [0.1, 0.15) is 5.52 Å². The van der Waals surface area contributed by atoms with Crippen LogP contribution in [0.25, 0.3) is 17.1 Å². The molecule has 0 atom stereocenters. The van der Waals surface area contributed by atoms with Crippen LogP contribution in [0.4, 0.5) is 5.69 Å². The van der Waals surface area contributed by atoms with Crippen molar-refractivity contribution in [1.82, 2.24) is 14.8 Å². The number of oxazole rings is 1. The van der Waals surface area contributed by atoms with E-state index in [1.807, 2.05) is 13.0 Å². The normalized spacial score (nSPS) is 11.2. The minimum atomic E-state index is 0.355. The Morgan fingerprint density at radius 2 is 2.24 bits per heavy atom. The fraction of sp³-hybridized carbons (Fsp3) is 0.0909. The molecule has 2 heterocycles. The molecule has 0 radical (unpaired) electrons. The van der Waals surface area contributed by atoms with Gasteiger partial charge in [0.25, 0.3) is 0 Å². The Hall–Kier alpha value is -2.01. The largest absolute Gasteiger partial charge is 0.422 e. The van der Waals surface area contributed by atoms with E-state index in [-0.39, 0.29) is 0 Å². The number of nitrogens with zero attached hydrogens (tertiary/aromatic N) is 3. The maximum absolute atomic E-state index is 5.93. The van der Waals surface area contributed by atoms with Gasteiger partial charge in [0.05, 0.1) is 22.6 Å². The lowest BCUT2D eigenvalue weighted by Gasteiger charge is -1.90. The van der Waals surface area contributed by atoms with Gasteiger partial charge < -0.3 is 10.2 Å². The zero-order valence-electron chi connectivity index (χ0n) is 9.01. The molecule has 2 N–H and O–H groups in total. The SMILES string of the molecule is Cc1nn(-c2nc3c(N)cccc3o2)cc1Cl. The van der Waals surface area contributed by atoms with E-state index in [2.05, 4.69) is 10.1 Å². The molecule has 6 heteroatoms. The number of aryl methyl sites for hydroxylation is 1. The highest BCUT2D eigenvalue weighted by molar-refractivity contribution is 6.31. The molecular formula is C11H9ClN4O. The van der Waals surface area contributed by atoms with Crippen LogP contribution in [0.3, 0.4) is 0 Å². The zero-order valence-corrected chi connectivity index (χ0v) is 9.77. The third-order valence-corrected chi connectivity index (χ3v) is 2.84. The smallest absolute Gasteiger partial charge is 0.323 e. The second-order valence-corrected chi connectivity index (χ2v) is 4.10. The zero-order chi connectivity index (χ0) is 12.0. The average molecular weight is 249 g/mol. The minimum Gasteiger partial charge on any atom is -0.422 e. The molecule has 5 nitrogen and oxygen atoms in total. The van der Waals surface area contributed by atoms with Gasteiger partial charge in [0.15, 0.2) is 5.58 Å². The molecule has 1 aromatic carbocycles. The molecule has 3 rings (SSSR count). The highest BCUT2D eigenvalue weighted by Gasteiger charge is 2.12. The van der Waals surface area contributed by atoms with E-state index in [0.29, 0.717) is 27.8 Å². The molecule has 0 spiro atoms. The Morgan fingerprint density at radius 1 is 1.41 bits per heavy atom. The topological polar surface area (TPSA) is 69.9 Å². The fourth-order valence-corrected chi connectivity index (χ4v) is 1.72. The number of halogens is 1. The van der Waals surface area contributed by atoms with Gasteiger partial charge >= 0.3 is 6.01 Å². The first kappa shape index (κ1) is 10.2. The van der Waals surface area contributed by atoms with Crippen molar-refractivity contribution in [3.8, 4) is 6.01 Å². The standard InChI is InChI=1S/C11H9ClN4O/c1-6-7(12)5-16(15-6)11-14-10-8(13)3-2-4-9(10)17-11/h2-5H,13H2,1H3. The number of benzene rings is 1. The summed E-state index contributed by atoms with van der Waals surface area (Å²) >= 11 is 5.93. The number of nitrogen functional groups attached to an aromatic ring is 1. The third-order valence-electron chi connectivity index (χ3n) is 2.47. The van der Waals surface area contributed by atoms with Crippen molar-refractivity contribution >= 4 is 28.4 Å². The molecule has 0 fully saturated rings. The lowest BCUT2D eigenvalue weighted by Crippen LogP contribution is -1.94. The van der Waals surface area contributed by atoms with E-state index in [1.165, 1.54) is 4.68 Å². The quantitative estimate of drug-likeness (QED) is 0.672. The number of hydrogen-bond acceptors (Lipinski definition) is 4. The summed E-state index contributed by atoms with van der Waals surface area (Å²) in [5, 5.41) is 4.76. The predicted molar refractivity (Wildman–Crippen MR) is 65.3 cm³/mol. The molecule has 0 aliphatic rings. The van der Waals surface area contributed by atoms with Crippen molar-refractivity contribution in [2.24, 2.45) is 0 Å². The van der Waals surface area contributed by atoms with Gasteiger partial charge in [-0.25, -0.2) is 0 Å². The fourth-order valence-electron chi connectivity index (χ4n) is 1.59. The lowest BCUT2D eigenvalue weighted by atomic mass is 10.3. The van der Waals surface area contributed by atoms with Crippen molar-refractivity contribution in [2.45, 2.75) is 6.92 Å². The van der Waals surface area contributed by atoms with Crippen molar-refractivity contribution in [3.05, 3.63) is 35.1 Å². The predicted octanol–water partition coefficient (Wildman–Crippen LogP) is 2.56. The van der Waals surface area contributed by atoms with Crippen molar-refractivity contribution in [2.75, 3.05) is 5.73 Å². The van der Waals surface area contributed by atoms with E-state index in [4.69, 9.17) is 21.8 Å². The van der Waals surface area contributed by atoms with E-state index in [9.17, 15) is 0 Å². The summed E-state index contributed by atoms with van der Waals surface area (Å²) in [7, 11) is 0. The average Bonchev–Trinajstić information content (AvgIpc) is 2.85. The van der Waals surface area contributed by atoms with Crippen LogP contribution in [0.2, 0.25) is 5.02 Å². The summed E-state index contributed by atoms with van der Waals surface area (Å²) in [6, 6.07) is 5.75. The minimum absolute atomic E-state index is 0.355. The molecule has 0 aliphatic carbocycles. The molecule has 0 aliphatic heterocycles. The first-order chi connectivity index (χ1) is 8.15. The highest BCUT2D eigenvalue weighted by atomic mass is 35.5. The Balaban J connectivity index is 2.21. The third kappa shape index (κ3) is 1.55. The van der Waals surface area contributed by atoms with E-state index in [1.54, 1.807) is 18.3 Å². The summed E-state index contributed by atoms with van der Waals surface area (Å²) in [6.07, 6.45) is 1.65. The molecule has 0 bridgehead atoms. The molecule has 86 valence electrons. The van der Waals surface area contributed by atoms with Gasteiger partial charge in [0, 0.05) is 0 Å². The summed E-state index contributed by atoms with van der Waals surface area (Å²) in [4.78, 5) is 4.29. The lowest BCUT2D eigenvalue weighted by molar-refractivity contribution is 0.542. The van der Waals surface area contributed by atoms with Gasteiger partial charge in [0.2, 0.25) is 0 Å². The van der Waals surface area contributed by atoms with Crippen LogP contribution in [-0.4, -0.2) is 14.8 Å². The highest BCUT2D eigenvalue weighted by Crippen LogP contribution is 2.24. The summed E-state index contributed by atoms with van der Waals surface area (Å²) in [5.41, 5.74) is 8.37. The number of para-hydroxylation sites is 1. The van der Waals surface area contributed by atoms with Crippen LogP contribution in [-0.2, 0) is 0 Å². The number of hydrogen-bond donors (Lipinski definition) is 1. The maximum atomic E-state index is 5.93. The van der Waals surface area contributed by atoms with Gasteiger partial charge in [-0.3, -0.25) is 0 Å². The van der Waals surface area contributed by atoms with Crippen molar-refractivity contribution < 1.29 is 4.42 Å². The molecule has 3 aromatic rings. The Kier molecular flexibility index (Phi) is 2.09. The molecule has 0 saturated carbocycles. The van der Waals surface area contributed by atoms with Crippen LogP contribution in [0.15, 0.2) is 28.8 Å². The van der Waals surface area contributed by atoms with Gasteiger partial charge in [-0.1, -0.05) is 17.7 Å². The number of rotatable bonds is 1. The molecule has 0 amide bonds. The van der Waals surface area contributed by atoms with Gasteiger partial charge in [-0.15, -0.1) is 0 Å². The van der Waals surface area contributed by atoms with Crippen LogP contribution in [0, 0.1) is 6.92 Å². The van der Waals surface area contributed by atoms with Crippen LogP contribution >= 0.6 is 11.6 Å². The second-order valence-electron chi connectivity index (χ2n) is 3.70. The van der Waals surface area contributed by atoms with Crippen LogP contribution < -0.4 is 5.73 Å². The Labute approximate surface area is 102 Å². The summed E-state index contributed by atoms with van der Waals surface area (Å²) in [6.45, 7) is 1.82. The monoisotopic (exact) mass is 248 g/mol. The van der Waals surface area contributed by atoms with Gasteiger partial charge in [-0.2, -0.15) is 14.8 Å². The number of fused-ring (bicyclic) bond motifs is 1. The van der Waals surface area contributed by atoms with E-state index < -0.39 is 0 Å². The van der Waals surface area contributed by atoms with Crippen molar-refractivity contribution in [3.63, 3.8) is 0 Å². The van der Waals surface area contributed by atoms with Gasteiger partial charge in [-0.05, 0) is 19.1 Å². The first-order valence-corrected chi connectivity index (χ1v) is 5.40. The number of nitrogens with two attached hydrogens (primary N) is 1. The Bertz CT molecular complexity index is 681. The maximum Gasteiger partial charge on any atom is 0.323 e. The molecule has 0 unspecified atom stereocenters.